The lowest BCUT2D eigenvalue weighted by Gasteiger charge is -2.26. The molecule has 0 spiro atoms. The van der Waals surface area contributed by atoms with Crippen LogP contribution in [0.5, 0.6) is 0 Å². The second-order valence-electron chi connectivity index (χ2n) is 6.49. The van der Waals surface area contributed by atoms with Crippen LogP contribution in [0, 0.1) is 0 Å². The van der Waals surface area contributed by atoms with Gasteiger partial charge in [0.05, 0.1) is 0 Å². The molecule has 25 heavy (non-hydrogen) atoms. The minimum absolute atomic E-state index is 0.0716. The molecule has 0 radical (unpaired) electrons. The SMILES string of the molecule is CC(C)(C)OC(=O)N(CCN)C(=O)Nc1ccc(-n2cccc2)cc1. The number of aromatic nitrogens is 1. The number of nitrogens with zero attached hydrogens (tertiary/aromatic N) is 2. The summed E-state index contributed by atoms with van der Waals surface area (Å²) in [6, 6.07) is 10.6. The lowest BCUT2D eigenvalue weighted by Crippen LogP contribution is -2.45. The number of hydrogen-bond donors (Lipinski definition) is 2. The van der Waals surface area contributed by atoms with E-state index in [-0.39, 0.29) is 13.1 Å². The zero-order chi connectivity index (χ0) is 18.4. The zero-order valence-electron chi connectivity index (χ0n) is 14.7. The summed E-state index contributed by atoms with van der Waals surface area (Å²) in [5.74, 6) is 0. The highest BCUT2D eigenvalue weighted by Crippen LogP contribution is 2.15. The fourth-order valence-electron chi connectivity index (χ4n) is 2.14. The number of urea groups is 1. The molecule has 0 bridgehead atoms. The zero-order valence-corrected chi connectivity index (χ0v) is 14.7. The largest absolute Gasteiger partial charge is 0.443 e. The molecule has 3 N–H and O–H groups in total. The van der Waals surface area contributed by atoms with E-state index >= 15 is 0 Å². The van der Waals surface area contributed by atoms with Crippen LogP contribution < -0.4 is 11.1 Å². The quantitative estimate of drug-likeness (QED) is 0.891. The highest BCUT2D eigenvalue weighted by Gasteiger charge is 2.26. The van der Waals surface area contributed by atoms with E-state index in [0.717, 1.165) is 10.6 Å². The van der Waals surface area contributed by atoms with E-state index < -0.39 is 17.7 Å². The lowest BCUT2D eigenvalue weighted by molar-refractivity contribution is 0.0337. The van der Waals surface area contributed by atoms with E-state index in [9.17, 15) is 9.59 Å². The van der Waals surface area contributed by atoms with Gasteiger partial charge in [-0.1, -0.05) is 0 Å². The molecule has 1 aromatic carbocycles. The average Bonchev–Trinajstić information content (AvgIpc) is 3.05. The van der Waals surface area contributed by atoms with Gasteiger partial charge in [0.2, 0.25) is 0 Å². The Bertz CT molecular complexity index is 703. The molecule has 1 aromatic heterocycles. The summed E-state index contributed by atoms with van der Waals surface area (Å²) in [4.78, 5) is 25.5. The fraction of sp³-hybridized carbons (Fsp3) is 0.333. The van der Waals surface area contributed by atoms with Gasteiger partial charge in [0, 0.05) is 36.9 Å². The first-order valence-electron chi connectivity index (χ1n) is 8.05. The summed E-state index contributed by atoms with van der Waals surface area (Å²) in [5.41, 5.74) is 6.35. The van der Waals surface area contributed by atoms with E-state index in [2.05, 4.69) is 5.32 Å². The van der Waals surface area contributed by atoms with Gasteiger partial charge in [0.25, 0.3) is 0 Å². The first-order chi connectivity index (χ1) is 11.8. The summed E-state index contributed by atoms with van der Waals surface area (Å²) < 4.78 is 7.20. The number of ether oxygens (including phenoxy) is 1. The molecule has 2 aromatic rings. The molecule has 2 rings (SSSR count). The lowest BCUT2D eigenvalue weighted by atomic mass is 10.2. The third-order valence-electron chi connectivity index (χ3n) is 3.23. The van der Waals surface area contributed by atoms with Gasteiger partial charge in [-0.15, -0.1) is 0 Å². The number of rotatable bonds is 4. The van der Waals surface area contributed by atoms with Crippen molar-refractivity contribution in [1.29, 1.82) is 0 Å². The monoisotopic (exact) mass is 344 g/mol. The Morgan fingerprint density at radius 2 is 1.76 bits per heavy atom. The van der Waals surface area contributed by atoms with E-state index in [1.165, 1.54) is 0 Å². The summed E-state index contributed by atoms with van der Waals surface area (Å²) >= 11 is 0. The Hall–Kier alpha value is -2.80. The molecule has 7 nitrogen and oxygen atoms in total. The van der Waals surface area contributed by atoms with Gasteiger partial charge in [0.15, 0.2) is 0 Å². The van der Waals surface area contributed by atoms with Crippen molar-refractivity contribution in [2.45, 2.75) is 26.4 Å². The van der Waals surface area contributed by atoms with Crippen molar-refractivity contribution >= 4 is 17.8 Å². The molecule has 0 saturated heterocycles. The molecular formula is C18H24N4O3. The maximum absolute atomic E-state index is 12.4. The third-order valence-corrected chi connectivity index (χ3v) is 3.23. The topological polar surface area (TPSA) is 89.6 Å². The van der Waals surface area contributed by atoms with Crippen LogP contribution in [0.2, 0.25) is 0 Å². The molecule has 0 aliphatic heterocycles. The summed E-state index contributed by atoms with van der Waals surface area (Å²) in [6.45, 7) is 5.44. The van der Waals surface area contributed by atoms with E-state index in [1.807, 2.05) is 41.2 Å². The predicted molar refractivity (Wildman–Crippen MR) is 96.8 cm³/mol. The van der Waals surface area contributed by atoms with Gasteiger partial charge in [-0.2, -0.15) is 0 Å². The van der Waals surface area contributed by atoms with Crippen molar-refractivity contribution in [3.05, 3.63) is 48.8 Å². The number of anilines is 1. The number of benzene rings is 1. The molecule has 0 unspecified atom stereocenters. The molecule has 0 atom stereocenters. The first-order valence-corrected chi connectivity index (χ1v) is 8.05. The molecule has 0 aliphatic carbocycles. The standard InChI is InChI=1S/C18H24N4O3/c1-18(2,3)25-17(24)22(13-10-19)16(23)20-14-6-8-15(9-7-14)21-11-4-5-12-21/h4-9,11-12H,10,13,19H2,1-3H3,(H,20,23). The number of carbonyl (C=O) groups is 2. The van der Waals surface area contributed by atoms with Crippen LogP contribution >= 0.6 is 0 Å². The number of amides is 3. The second kappa shape index (κ2) is 7.85. The van der Waals surface area contributed by atoms with Crippen molar-refractivity contribution < 1.29 is 14.3 Å². The molecule has 7 heteroatoms. The van der Waals surface area contributed by atoms with Gasteiger partial charge in [-0.25, -0.2) is 14.5 Å². The molecular weight excluding hydrogens is 320 g/mol. The van der Waals surface area contributed by atoms with Crippen LogP contribution in [0.3, 0.4) is 0 Å². The van der Waals surface area contributed by atoms with Crippen molar-refractivity contribution in [1.82, 2.24) is 9.47 Å². The Balaban J connectivity index is 2.06. The highest BCUT2D eigenvalue weighted by atomic mass is 16.6. The number of hydrogen-bond acceptors (Lipinski definition) is 4. The van der Waals surface area contributed by atoms with Crippen LogP contribution in [0.4, 0.5) is 15.3 Å². The minimum Gasteiger partial charge on any atom is -0.443 e. The van der Waals surface area contributed by atoms with Gasteiger partial charge < -0.3 is 20.4 Å². The van der Waals surface area contributed by atoms with Crippen LogP contribution in [0.1, 0.15) is 20.8 Å². The number of nitrogens with one attached hydrogen (secondary N) is 1. The molecule has 1 heterocycles. The normalized spacial score (nSPS) is 11.0. The second-order valence-corrected chi connectivity index (χ2v) is 6.49. The number of imide groups is 1. The maximum atomic E-state index is 12.4. The number of nitrogens with two attached hydrogens (primary N) is 1. The Morgan fingerprint density at radius 1 is 1.16 bits per heavy atom. The minimum atomic E-state index is -0.723. The van der Waals surface area contributed by atoms with Gasteiger partial charge in [-0.3, -0.25) is 0 Å². The Morgan fingerprint density at radius 3 is 2.28 bits per heavy atom. The summed E-state index contributed by atoms with van der Waals surface area (Å²) in [7, 11) is 0. The summed E-state index contributed by atoms with van der Waals surface area (Å²) in [6.07, 6.45) is 3.14. The molecule has 3 amide bonds. The third kappa shape index (κ3) is 5.36. The van der Waals surface area contributed by atoms with Gasteiger partial charge >= 0.3 is 12.1 Å². The van der Waals surface area contributed by atoms with Crippen molar-refractivity contribution in [2.24, 2.45) is 5.73 Å². The molecule has 0 aliphatic rings. The fourth-order valence-corrected chi connectivity index (χ4v) is 2.14. The molecule has 0 fully saturated rings. The van der Waals surface area contributed by atoms with Gasteiger partial charge in [-0.05, 0) is 57.2 Å². The first kappa shape index (κ1) is 18.5. The van der Waals surface area contributed by atoms with Crippen LogP contribution in [-0.4, -0.2) is 40.3 Å². The van der Waals surface area contributed by atoms with Gasteiger partial charge in [0.1, 0.15) is 5.60 Å². The van der Waals surface area contributed by atoms with Crippen molar-refractivity contribution in [3.8, 4) is 5.69 Å². The van der Waals surface area contributed by atoms with E-state index in [1.54, 1.807) is 32.9 Å². The number of carbonyl (C=O) groups excluding carboxylic acids is 2. The van der Waals surface area contributed by atoms with Crippen molar-refractivity contribution in [3.63, 3.8) is 0 Å². The van der Waals surface area contributed by atoms with Crippen LogP contribution in [0.15, 0.2) is 48.8 Å². The van der Waals surface area contributed by atoms with E-state index in [0.29, 0.717) is 5.69 Å². The maximum Gasteiger partial charge on any atom is 0.418 e. The molecule has 134 valence electrons. The predicted octanol–water partition coefficient (Wildman–Crippen LogP) is 3.21. The Kier molecular flexibility index (Phi) is 5.82. The molecule has 0 saturated carbocycles. The van der Waals surface area contributed by atoms with Crippen LogP contribution in [-0.2, 0) is 4.74 Å². The average molecular weight is 344 g/mol. The highest BCUT2D eigenvalue weighted by molar-refractivity contribution is 5.99. The van der Waals surface area contributed by atoms with Crippen molar-refractivity contribution in [2.75, 3.05) is 18.4 Å². The van der Waals surface area contributed by atoms with E-state index in [4.69, 9.17) is 10.5 Å². The Labute approximate surface area is 147 Å². The van der Waals surface area contributed by atoms with Crippen LogP contribution in [0.25, 0.3) is 5.69 Å². The smallest absolute Gasteiger partial charge is 0.418 e. The summed E-state index contributed by atoms with van der Waals surface area (Å²) in [5, 5.41) is 2.69.